The van der Waals surface area contributed by atoms with Gasteiger partial charge in [0.2, 0.25) is 0 Å². The number of hydrogen-bond acceptors (Lipinski definition) is 3. The highest BCUT2D eigenvalue weighted by Gasteiger charge is 2.31. The third-order valence-electron chi connectivity index (χ3n) is 5.21. The maximum atomic E-state index is 12.9. The quantitative estimate of drug-likeness (QED) is 0.299. The number of alkyl halides is 3. The van der Waals surface area contributed by atoms with Gasteiger partial charge in [-0.25, -0.2) is 4.98 Å². The second-order valence-electron chi connectivity index (χ2n) is 7.64. The van der Waals surface area contributed by atoms with Crippen LogP contribution in [0.1, 0.15) is 21.6 Å². The highest BCUT2D eigenvalue weighted by Crippen LogP contribution is 2.29. The van der Waals surface area contributed by atoms with E-state index in [0.717, 1.165) is 11.1 Å². The molecule has 0 radical (unpaired) electrons. The number of amides is 1. The average Bonchev–Trinajstić information content (AvgIpc) is 3.27. The molecular weight excluding hydrogens is 502 g/mol. The zero-order chi connectivity index (χ0) is 25.2. The number of carbonyl (C=O) groups excluding carboxylic acids is 1. The van der Waals surface area contributed by atoms with Crippen molar-refractivity contribution in [2.45, 2.75) is 19.8 Å². The Morgan fingerprint density at radius 3 is 2.49 bits per heavy atom. The summed E-state index contributed by atoms with van der Waals surface area (Å²) in [6.45, 7) is 2.04. The summed E-state index contributed by atoms with van der Waals surface area (Å²) in [5.41, 5.74) is 3.64. The van der Waals surface area contributed by atoms with E-state index in [1.807, 2.05) is 6.92 Å². The Morgan fingerprint density at radius 1 is 1.06 bits per heavy atom. The summed E-state index contributed by atoms with van der Waals surface area (Å²) in [5, 5.41) is 3.80. The summed E-state index contributed by atoms with van der Waals surface area (Å²) in [4.78, 5) is 17.0. The fourth-order valence-electron chi connectivity index (χ4n) is 3.59. The Bertz CT molecular complexity index is 1360. The van der Waals surface area contributed by atoms with Crippen molar-refractivity contribution in [1.82, 2.24) is 14.9 Å². The molecule has 3 aromatic carbocycles. The lowest BCUT2D eigenvalue weighted by atomic mass is 10.0. The van der Waals surface area contributed by atoms with Crippen LogP contribution in [0.2, 0.25) is 10.0 Å². The zero-order valence-corrected chi connectivity index (χ0v) is 19.7. The molecule has 0 aliphatic rings. The van der Waals surface area contributed by atoms with Gasteiger partial charge in [-0.3, -0.25) is 9.36 Å². The molecule has 0 saturated carbocycles. The van der Waals surface area contributed by atoms with Crippen molar-refractivity contribution in [3.63, 3.8) is 0 Å². The summed E-state index contributed by atoms with van der Waals surface area (Å²) in [5.74, 6) is -0.696. The van der Waals surface area contributed by atoms with E-state index in [0.29, 0.717) is 26.9 Å². The summed E-state index contributed by atoms with van der Waals surface area (Å²) in [6, 6.07) is 16.0. The van der Waals surface area contributed by atoms with Gasteiger partial charge < -0.3 is 10.1 Å². The first-order valence-electron chi connectivity index (χ1n) is 10.3. The molecule has 180 valence electrons. The standard InChI is InChI=1S/C25H18Cl2F3N3O2/c1-15-8-18(26)11-22(27)21(15)12-32-24(34)23-13-31-14-33(23)19-6-2-4-16(9-19)17-5-3-7-20(10-17)35-25(28,29)30/h2-11,13-14H,12H2,1H3,(H,32,34). The van der Waals surface area contributed by atoms with E-state index in [-0.39, 0.29) is 23.9 Å². The first kappa shape index (κ1) is 24.6. The van der Waals surface area contributed by atoms with E-state index in [1.165, 1.54) is 30.7 Å². The Kier molecular flexibility index (Phi) is 7.05. The van der Waals surface area contributed by atoms with Crippen LogP contribution in [0.15, 0.2) is 73.2 Å². The van der Waals surface area contributed by atoms with Gasteiger partial charge in [-0.1, -0.05) is 47.5 Å². The van der Waals surface area contributed by atoms with Crippen LogP contribution in [0.3, 0.4) is 0 Å². The van der Waals surface area contributed by atoms with Gasteiger partial charge in [0.1, 0.15) is 11.4 Å². The molecule has 0 unspecified atom stereocenters. The van der Waals surface area contributed by atoms with Crippen LogP contribution >= 0.6 is 23.2 Å². The van der Waals surface area contributed by atoms with Crippen molar-refractivity contribution in [3.05, 3.63) is 100 Å². The number of rotatable bonds is 6. The van der Waals surface area contributed by atoms with Gasteiger partial charge >= 0.3 is 6.36 Å². The van der Waals surface area contributed by atoms with E-state index < -0.39 is 6.36 Å². The minimum absolute atomic E-state index is 0.192. The molecule has 1 heterocycles. The summed E-state index contributed by atoms with van der Waals surface area (Å²) in [7, 11) is 0. The predicted molar refractivity (Wildman–Crippen MR) is 128 cm³/mol. The third kappa shape index (κ3) is 5.96. The lowest BCUT2D eigenvalue weighted by Gasteiger charge is -2.13. The van der Waals surface area contributed by atoms with Crippen LogP contribution < -0.4 is 10.1 Å². The first-order chi connectivity index (χ1) is 16.6. The van der Waals surface area contributed by atoms with Crippen molar-refractivity contribution in [2.24, 2.45) is 0 Å². The molecule has 0 aliphatic carbocycles. The van der Waals surface area contributed by atoms with Crippen molar-refractivity contribution in [3.8, 4) is 22.6 Å². The van der Waals surface area contributed by atoms with Gasteiger partial charge in [0.05, 0.1) is 12.5 Å². The van der Waals surface area contributed by atoms with E-state index in [2.05, 4.69) is 15.0 Å². The van der Waals surface area contributed by atoms with Crippen molar-refractivity contribution < 1.29 is 22.7 Å². The molecule has 5 nitrogen and oxygen atoms in total. The highest BCUT2D eigenvalue weighted by atomic mass is 35.5. The summed E-state index contributed by atoms with van der Waals surface area (Å²) >= 11 is 12.3. The Hall–Kier alpha value is -3.49. The van der Waals surface area contributed by atoms with Crippen LogP contribution in [-0.2, 0) is 6.54 Å². The molecule has 0 saturated heterocycles. The van der Waals surface area contributed by atoms with E-state index >= 15 is 0 Å². The SMILES string of the molecule is Cc1cc(Cl)cc(Cl)c1CNC(=O)c1cncn1-c1cccc(-c2cccc(OC(F)(F)F)c2)c1. The monoisotopic (exact) mass is 519 g/mol. The minimum atomic E-state index is -4.78. The number of halogens is 5. The second kappa shape index (κ2) is 10.0. The maximum Gasteiger partial charge on any atom is 0.573 e. The van der Waals surface area contributed by atoms with Gasteiger partial charge in [-0.2, -0.15) is 0 Å². The van der Waals surface area contributed by atoms with Crippen molar-refractivity contribution >= 4 is 29.1 Å². The van der Waals surface area contributed by atoms with Crippen molar-refractivity contribution in [1.29, 1.82) is 0 Å². The Morgan fingerprint density at radius 2 is 1.77 bits per heavy atom. The Labute approximate surface area is 209 Å². The molecule has 4 aromatic rings. The lowest BCUT2D eigenvalue weighted by Crippen LogP contribution is -2.25. The zero-order valence-electron chi connectivity index (χ0n) is 18.2. The van der Waals surface area contributed by atoms with Gasteiger partial charge in [0.15, 0.2) is 0 Å². The highest BCUT2D eigenvalue weighted by molar-refractivity contribution is 6.35. The molecule has 0 atom stereocenters. The van der Waals surface area contributed by atoms with Crippen LogP contribution in [0, 0.1) is 6.92 Å². The largest absolute Gasteiger partial charge is 0.573 e. The second-order valence-corrected chi connectivity index (χ2v) is 8.48. The molecule has 35 heavy (non-hydrogen) atoms. The molecule has 0 fully saturated rings. The number of aromatic nitrogens is 2. The molecule has 1 N–H and O–H groups in total. The number of hydrogen-bond donors (Lipinski definition) is 1. The summed E-state index contributed by atoms with van der Waals surface area (Å²) in [6.07, 6.45) is -1.87. The number of ether oxygens (including phenoxy) is 1. The molecule has 1 amide bonds. The van der Waals surface area contributed by atoms with E-state index in [9.17, 15) is 18.0 Å². The lowest BCUT2D eigenvalue weighted by molar-refractivity contribution is -0.274. The number of nitrogens with zero attached hydrogens (tertiary/aromatic N) is 2. The van der Waals surface area contributed by atoms with Crippen LogP contribution in [0.25, 0.3) is 16.8 Å². The third-order valence-corrected chi connectivity index (χ3v) is 5.76. The number of aryl methyl sites for hydroxylation is 1. The van der Waals surface area contributed by atoms with Crippen LogP contribution in [-0.4, -0.2) is 21.8 Å². The van der Waals surface area contributed by atoms with Gasteiger partial charge in [-0.05, 0) is 65.6 Å². The van der Waals surface area contributed by atoms with Gasteiger partial charge in [0.25, 0.3) is 5.91 Å². The number of benzene rings is 3. The molecule has 1 aromatic heterocycles. The van der Waals surface area contributed by atoms with Gasteiger partial charge in [0, 0.05) is 22.3 Å². The van der Waals surface area contributed by atoms with E-state index in [1.54, 1.807) is 47.0 Å². The first-order valence-corrected chi connectivity index (χ1v) is 11.1. The van der Waals surface area contributed by atoms with E-state index in [4.69, 9.17) is 23.2 Å². The molecule has 0 spiro atoms. The molecule has 10 heteroatoms. The van der Waals surface area contributed by atoms with Crippen molar-refractivity contribution in [2.75, 3.05) is 0 Å². The molecule has 0 bridgehead atoms. The molecule has 4 rings (SSSR count). The molecular formula is C25H18Cl2F3N3O2. The average molecular weight is 520 g/mol. The fraction of sp³-hybridized carbons (Fsp3) is 0.120. The number of carbonyl (C=O) groups is 1. The van der Waals surface area contributed by atoms with Crippen LogP contribution in [0.5, 0.6) is 5.75 Å². The summed E-state index contributed by atoms with van der Waals surface area (Å²) < 4.78 is 43.4. The number of nitrogens with one attached hydrogen (secondary N) is 1. The maximum absolute atomic E-state index is 12.9. The molecule has 0 aliphatic heterocycles. The smallest absolute Gasteiger partial charge is 0.406 e. The Balaban J connectivity index is 1.57. The predicted octanol–water partition coefficient (Wildman–Crippen LogP) is 6.98. The number of imidazole rings is 1. The topological polar surface area (TPSA) is 56.2 Å². The normalized spacial score (nSPS) is 11.4. The minimum Gasteiger partial charge on any atom is -0.406 e. The van der Waals surface area contributed by atoms with Gasteiger partial charge in [-0.15, -0.1) is 13.2 Å². The van der Waals surface area contributed by atoms with Crippen LogP contribution in [0.4, 0.5) is 13.2 Å². The fourth-order valence-corrected chi connectivity index (χ4v) is 4.25.